The molecule has 0 unspecified atom stereocenters. The first kappa shape index (κ1) is 15.4. The number of nitrogens with zero attached hydrogens (tertiary/aromatic N) is 2. The Kier molecular flexibility index (Phi) is 4.31. The number of methoxy groups -OCH3 is 3. The Morgan fingerprint density at radius 2 is 1.64 bits per heavy atom. The molecule has 8 heteroatoms. The minimum absolute atomic E-state index is 0.000980. The number of ether oxygens (including phenoxy) is 3. The summed E-state index contributed by atoms with van der Waals surface area (Å²) in [7, 11) is 4.41. The molecular formula is C14H16N4O4. The SMILES string of the molecule is COc1cc(C(=O)c2cnc(N)nc2N)cc(OC)c1OC. The van der Waals surface area contributed by atoms with E-state index < -0.39 is 0 Å². The van der Waals surface area contributed by atoms with Crippen LogP contribution in [0.2, 0.25) is 0 Å². The Morgan fingerprint density at radius 1 is 1.05 bits per heavy atom. The van der Waals surface area contributed by atoms with Gasteiger partial charge in [0, 0.05) is 11.8 Å². The minimum Gasteiger partial charge on any atom is -0.493 e. The van der Waals surface area contributed by atoms with Gasteiger partial charge in [-0.1, -0.05) is 0 Å². The highest BCUT2D eigenvalue weighted by atomic mass is 16.5. The van der Waals surface area contributed by atoms with Gasteiger partial charge in [0.05, 0.1) is 26.9 Å². The molecule has 0 fully saturated rings. The fraction of sp³-hybridized carbons (Fsp3) is 0.214. The summed E-state index contributed by atoms with van der Waals surface area (Å²) >= 11 is 0. The van der Waals surface area contributed by atoms with Crippen LogP contribution in [0, 0.1) is 0 Å². The molecule has 0 amide bonds. The molecule has 0 aliphatic heterocycles. The average Bonchev–Trinajstić information content (AvgIpc) is 2.52. The third-order valence-electron chi connectivity index (χ3n) is 3.01. The molecule has 0 atom stereocenters. The highest BCUT2D eigenvalue weighted by Gasteiger charge is 2.20. The third kappa shape index (κ3) is 2.71. The molecular weight excluding hydrogens is 288 g/mol. The number of nitrogens with two attached hydrogens (primary N) is 2. The van der Waals surface area contributed by atoms with Crippen molar-refractivity contribution in [1.29, 1.82) is 0 Å². The summed E-state index contributed by atoms with van der Waals surface area (Å²) < 4.78 is 15.6. The van der Waals surface area contributed by atoms with Crippen molar-refractivity contribution in [3.05, 3.63) is 29.5 Å². The molecule has 0 spiro atoms. The highest BCUT2D eigenvalue weighted by molar-refractivity contribution is 6.12. The molecule has 8 nitrogen and oxygen atoms in total. The van der Waals surface area contributed by atoms with Gasteiger partial charge in [-0.3, -0.25) is 4.79 Å². The average molecular weight is 304 g/mol. The van der Waals surface area contributed by atoms with E-state index in [1.54, 1.807) is 0 Å². The number of carbonyl (C=O) groups excluding carboxylic acids is 1. The maximum absolute atomic E-state index is 12.6. The van der Waals surface area contributed by atoms with Gasteiger partial charge in [0.15, 0.2) is 17.3 Å². The zero-order chi connectivity index (χ0) is 16.3. The molecule has 0 saturated heterocycles. The second kappa shape index (κ2) is 6.17. The first-order chi connectivity index (χ1) is 10.5. The number of hydrogen-bond donors (Lipinski definition) is 2. The fourth-order valence-electron chi connectivity index (χ4n) is 1.95. The fourth-order valence-corrected chi connectivity index (χ4v) is 1.95. The van der Waals surface area contributed by atoms with Crippen LogP contribution in [0.5, 0.6) is 17.2 Å². The lowest BCUT2D eigenvalue weighted by Crippen LogP contribution is -2.10. The van der Waals surface area contributed by atoms with E-state index in [2.05, 4.69) is 9.97 Å². The quantitative estimate of drug-likeness (QED) is 0.781. The minimum atomic E-state index is -0.378. The first-order valence-corrected chi connectivity index (χ1v) is 6.24. The molecule has 2 rings (SSSR count). The molecule has 0 radical (unpaired) electrons. The summed E-state index contributed by atoms with van der Waals surface area (Å²) in [6, 6.07) is 3.05. The van der Waals surface area contributed by atoms with Crippen molar-refractivity contribution >= 4 is 17.5 Å². The molecule has 1 aromatic heterocycles. The van der Waals surface area contributed by atoms with E-state index in [-0.39, 0.29) is 23.1 Å². The van der Waals surface area contributed by atoms with Gasteiger partial charge in [-0.05, 0) is 12.1 Å². The third-order valence-corrected chi connectivity index (χ3v) is 3.01. The topological polar surface area (TPSA) is 123 Å². The molecule has 2 aromatic rings. The van der Waals surface area contributed by atoms with Crippen LogP contribution in [-0.2, 0) is 0 Å². The van der Waals surface area contributed by atoms with Crippen molar-refractivity contribution in [2.45, 2.75) is 0 Å². The lowest BCUT2D eigenvalue weighted by atomic mass is 10.0. The second-order valence-electron chi connectivity index (χ2n) is 4.27. The van der Waals surface area contributed by atoms with Crippen LogP contribution in [0.1, 0.15) is 15.9 Å². The van der Waals surface area contributed by atoms with Crippen LogP contribution in [0.4, 0.5) is 11.8 Å². The lowest BCUT2D eigenvalue weighted by molar-refractivity contribution is 0.103. The Morgan fingerprint density at radius 3 is 2.09 bits per heavy atom. The smallest absolute Gasteiger partial charge is 0.221 e. The van der Waals surface area contributed by atoms with Gasteiger partial charge in [0.1, 0.15) is 5.82 Å². The summed E-state index contributed by atoms with van der Waals surface area (Å²) in [5.74, 6) is 0.741. The van der Waals surface area contributed by atoms with Crippen molar-refractivity contribution in [2.75, 3.05) is 32.8 Å². The normalized spacial score (nSPS) is 10.1. The number of nitrogen functional groups attached to an aromatic ring is 2. The van der Waals surface area contributed by atoms with E-state index in [1.807, 2.05) is 0 Å². The maximum atomic E-state index is 12.6. The van der Waals surface area contributed by atoms with E-state index in [4.69, 9.17) is 25.7 Å². The Bertz CT molecular complexity index is 693. The number of hydrogen-bond acceptors (Lipinski definition) is 8. The molecule has 0 aliphatic carbocycles. The maximum Gasteiger partial charge on any atom is 0.221 e. The van der Waals surface area contributed by atoms with Crippen molar-refractivity contribution < 1.29 is 19.0 Å². The Labute approximate surface area is 127 Å². The van der Waals surface area contributed by atoms with E-state index in [1.165, 1.54) is 39.7 Å². The Balaban J connectivity index is 2.54. The summed E-state index contributed by atoms with van der Waals surface area (Å²) in [4.78, 5) is 20.1. The highest BCUT2D eigenvalue weighted by Crippen LogP contribution is 2.38. The molecule has 0 bridgehead atoms. The second-order valence-corrected chi connectivity index (χ2v) is 4.27. The van der Waals surface area contributed by atoms with Crippen LogP contribution in [0.3, 0.4) is 0 Å². The van der Waals surface area contributed by atoms with Crippen LogP contribution >= 0.6 is 0 Å². The summed E-state index contributed by atoms with van der Waals surface area (Å²) in [5, 5.41) is 0. The Hall–Kier alpha value is -3.03. The first-order valence-electron chi connectivity index (χ1n) is 6.24. The van der Waals surface area contributed by atoms with Crippen LogP contribution < -0.4 is 25.7 Å². The van der Waals surface area contributed by atoms with E-state index in [9.17, 15) is 4.79 Å². The monoisotopic (exact) mass is 304 g/mol. The van der Waals surface area contributed by atoms with Crippen molar-refractivity contribution in [3.8, 4) is 17.2 Å². The van der Waals surface area contributed by atoms with Crippen molar-refractivity contribution in [1.82, 2.24) is 9.97 Å². The van der Waals surface area contributed by atoms with Gasteiger partial charge in [-0.15, -0.1) is 0 Å². The summed E-state index contributed by atoms with van der Waals surface area (Å²) in [5.41, 5.74) is 11.6. The zero-order valence-electron chi connectivity index (χ0n) is 12.4. The summed E-state index contributed by atoms with van der Waals surface area (Å²) in [6.07, 6.45) is 1.28. The largest absolute Gasteiger partial charge is 0.493 e. The van der Waals surface area contributed by atoms with Gasteiger partial charge < -0.3 is 25.7 Å². The van der Waals surface area contributed by atoms with Gasteiger partial charge in [-0.25, -0.2) is 4.98 Å². The van der Waals surface area contributed by atoms with E-state index in [0.717, 1.165) is 0 Å². The standard InChI is InChI=1S/C14H16N4O4/c1-20-9-4-7(5-10(21-2)12(9)22-3)11(19)8-6-17-14(16)18-13(8)15/h4-6H,1-3H3,(H4,15,16,17,18). The molecule has 1 aromatic carbocycles. The lowest BCUT2D eigenvalue weighted by Gasteiger charge is -2.14. The molecule has 116 valence electrons. The number of aromatic nitrogens is 2. The van der Waals surface area contributed by atoms with Crippen molar-refractivity contribution in [3.63, 3.8) is 0 Å². The van der Waals surface area contributed by atoms with E-state index in [0.29, 0.717) is 22.8 Å². The van der Waals surface area contributed by atoms with Gasteiger partial charge in [0.25, 0.3) is 0 Å². The number of anilines is 2. The number of rotatable bonds is 5. The number of carbonyl (C=O) groups is 1. The van der Waals surface area contributed by atoms with Gasteiger partial charge >= 0.3 is 0 Å². The van der Waals surface area contributed by atoms with E-state index >= 15 is 0 Å². The predicted octanol–water partition coefficient (Wildman–Crippen LogP) is 0.898. The molecule has 0 saturated carbocycles. The predicted molar refractivity (Wildman–Crippen MR) is 80.4 cm³/mol. The van der Waals surface area contributed by atoms with Crippen LogP contribution in [0.15, 0.2) is 18.3 Å². The molecule has 1 heterocycles. The molecule has 0 aliphatic rings. The number of benzene rings is 1. The van der Waals surface area contributed by atoms with Gasteiger partial charge in [-0.2, -0.15) is 4.98 Å². The van der Waals surface area contributed by atoms with Crippen molar-refractivity contribution in [2.24, 2.45) is 0 Å². The zero-order valence-corrected chi connectivity index (χ0v) is 12.4. The van der Waals surface area contributed by atoms with Crippen LogP contribution in [0.25, 0.3) is 0 Å². The molecule has 4 N–H and O–H groups in total. The summed E-state index contributed by atoms with van der Waals surface area (Å²) in [6.45, 7) is 0. The van der Waals surface area contributed by atoms with Gasteiger partial charge in [0.2, 0.25) is 11.7 Å². The van der Waals surface area contributed by atoms with Crippen LogP contribution in [-0.4, -0.2) is 37.1 Å². The molecule has 22 heavy (non-hydrogen) atoms. The number of ketones is 1.